The highest BCUT2D eigenvalue weighted by atomic mass is 32.1. The largest absolute Gasteiger partial charge is 0.372 e. The third-order valence-electron chi connectivity index (χ3n) is 2.37. The van der Waals surface area contributed by atoms with E-state index >= 15 is 0 Å². The van der Waals surface area contributed by atoms with Gasteiger partial charge in [-0.05, 0) is 31.2 Å². The third kappa shape index (κ3) is 3.04. The Morgan fingerprint density at radius 1 is 1.28 bits per heavy atom. The number of aryl methyl sites for hydroxylation is 1. The molecule has 0 fully saturated rings. The zero-order valence-electron chi connectivity index (χ0n) is 10.2. The zero-order valence-corrected chi connectivity index (χ0v) is 11.0. The number of thiophene rings is 1. The van der Waals surface area contributed by atoms with E-state index in [1.807, 2.05) is 19.1 Å². The lowest BCUT2D eigenvalue weighted by Gasteiger charge is -2.03. The highest BCUT2D eigenvalue weighted by Crippen LogP contribution is 2.14. The monoisotopic (exact) mass is 262 g/mol. The molecule has 5 nitrogen and oxygen atoms in total. The number of anilines is 1. The van der Waals surface area contributed by atoms with E-state index in [9.17, 15) is 4.79 Å². The van der Waals surface area contributed by atoms with Crippen molar-refractivity contribution in [1.82, 2.24) is 15.5 Å². The predicted octanol–water partition coefficient (Wildman–Crippen LogP) is 1.82. The number of nitrogens with zero attached hydrogens (tertiary/aromatic N) is 2. The summed E-state index contributed by atoms with van der Waals surface area (Å²) in [6, 6.07) is 7.41. The number of hydrogen-bond donors (Lipinski definition) is 2. The summed E-state index contributed by atoms with van der Waals surface area (Å²) in [5.41, 5.74) is 0.322. The summed E-state index contributed by atoms with van der Waals surface area (Å²) >= 11 is 1.67. The Morgan fingerprint density at radius 3 is 2.67 bits per heavy atom. The van der Waals surface area contributed by atoms with Gasteiger partial charge in [0.2, 0.25) is 0 Å². The fourth-order valence-electron chi connectivity index (χ4n) is 1.42. The fourth-order valence-corrected chi connectivity index (χ4v) is 2.25. The Hall–Kier alpha value is -1.95. The van der Waals surface area contributed by atoms with Gasteiger partial charge in [-0.25, -0.2) is 0 Å². The summed E-state index contributed by atoms with van der Waals surface area (Å²) in [4.78, 5) is 14.2. The molecule has 1 amide bonds. The number of aromatic nitrogens is 2. The second kappa shape index (κ2) is 5.59. The van der Waals surface area contributed by atoms with Crippen LogP contribution in [0, 0.1) is 6.92 Å². The summed E-state index contributed by atoms with van der Waals surface area (Å²) < 4.78 is 0. The molecule has 0 aliphatic heterocycles. The van der Waals surface area contributed by atoms with Crippen molar-refractivity contribution in [2.24, 2.45) is 0 Å². The lowest BCUT2D eigenvalue weighted by Crippen LogP contribution is -2.23. The maximum Gasteiger partial charge on any atom is 0.272 e. The van der Waals surface area contributed by atoms with Crippen molar-refractivity contribution < 1.29 is 4.79 Å². The fraction of sp³-hybridized carbons (Fsp3) is 0.250. The molecule has 6 heteroatoms. The van der Waals surface area contributed by atoms with Crippen molar-refractivity contribution in [1.29, 1.82) is 0 Å². The Bertz CT molecular complexity index is 535. The number of nitrogens with one attached hydrogen (secondary N) is 2. The SMILES string of the molecule is CNc1ccc(C(=O)NCc2ccc(C)s2)nn1. The van der Waals surface area contributed by atoms with Crippen LogP contribution < -0.4 is 10.6 Å². The van der Waals surface area contributed by atoms with Crippen LogP contribution >= 0.6 is 11.3 Å². The Labute approximate surface area is 109 Å². The molecule has 2 N–H and O–H groups in total. The first-order valence-corrected chi connectivity index (χ1v) is 6.35. The van der Waals surface area contributed by atoms with Crippen molar-refractivity contribution >= 4 is 23.1 Å². The van der Waals surface area contributed by atoms with E-state index in [4.69, 9.17) is 0 Å². The lowest BCUT2D eigenvalue weighted by atomic mass is 10.3. The van der Waals surface area contributed by atoms with Crippen molar-refractivity contribution in [3.8, 4) is 0 Å². The number of carbonyl (C=O) groups excluding carboxylic acids is 1. The van der Waals surface area contributed by atoms with Crippen LogP contribution in [0.5, 0.6) is 0 Å². The van der Waals surface area contributed by atoms with Crippen LogP contribution in [0.25, 0.3) is 0 Å². The van der Waals surface area contributed by atoms with Crippen molar-refractivity contribution in [2.45, 2.75) is 13.5 Å². The number of rotatable bonds is 4. The van der Waals surface area contributed by atoms with E-state index in [1.54, 1.807) is 30.5 Å². The quantitative estimate of drug-likeness (QED) is 0.882. The third-order valence-corrected chi connectivity index (χ3v) is 3.37. The molecular weight excluding hydrogens is 248 g/mol. The van der Waals surface area contributed by atoms with E-state index in [-0.39, 0.29) is 5.91 Å². The minimum atomic E-state index is -0.212. The molecule has 2 rings (SSSR count). The van der Waals surface area contributed by atoms with E-state index < -0.39 is 0 Å². The topological polar surface area (TPSA) is 66.9 Å². The average Bonchev–Trinajstić information content (AvgIpc) is 2.82. The summed E-state index contributed by atoms with van der Waals surface area (Å²) in [6.45, 7) is 2.56. The van der Waals surface area contributed by atoms with E-state index in [1.165, 1.54) is 4.88 Å². The van der Waals surface area contributed by atoms with Crippen molar-refractivity contribution in [3.63, 3.8) is 0 Å². The number of amides is 1. The molecule has 0 unspecified atom stereocenters. The van der Waals surface area contributed by atoms with Crippen molar-refractivity contribution in [2.75, 3.05) is 12.4 Å². The number of carbonyl (C=O) groups is 1. The van der Waals surface area contributed by atoms with E-state index in [2.05, 4.69) is 20.8 Å². The molecule has 0 aromatic carbocycles. The van der Waals surface area contributed by atoms with Crippen LogP contribution in [-0.2, 0) is 6.54 Å². The van der Waals surface area contributed by atoms with Crippen LogP contribution in [0.4, 0.5) is 5.82 Å². The highest BCUT2D eigenvalue weighted by Gasteiger charge is 2.08. The average molecular weight is 262 g/mol. The minimum Gasteiger partial charge on any atom is -0.372 e. The lowest BCUT2D eigenvalue weighted by molar-refractivity contribution is 0.0945. The van der Waals surface area contributed by atoms with Gasteiger partial charge in [0.1, 0.15) is 5.82 Å². The molecule has 0 aliphatic carbocycles. The Balaban J connectivity index is 1.94. The molecular formula is C12H14N4OS. The molecule has 0 radical (unpaired) electrons. The molecule has 2 aromatic heterocycles. The van der Waals surface area contributed by atoms with Crippen LogP contribution in [0.3, 0.4) is 0 Å². The molecule has 0 spiro atoms. The van der Waals surface area contributed by atoms with Gasteiger partial charge in [-0.15, -0.1) is 21.5 Å². The second-order valence-corrected chi connectivity index (χ2v) is 5.12. The van der Waals surface area contributed by atoms with Gasteiger partial charge in [-0.1, -0.05) is 0 Å². The Kier molecular flexibility index (Phi) is 3.88. The summed E-state index contributed by atoms with van der Waals surface area (Å²) in [7, 11) is 1.75. The smallest absolute Gasteiger partial charge is 0.272 e. The van der Waals surface area contributed by atoms with Gasteiger partial charge in [-0.2, -0.15) is 0 Å². The Morgan fingerprint density at radius 2 is 2.11 bits per heavy atom. The van der Waals surface area contributed by atoms with Gasteiger partial charge >= 0.3 is 0 Å². The first-order chi connectivity index (χ1) is 8.69. The predicted molar refractivity (Wildman–Crippen MR) is 71.8 cm³/mol. The van der Waals surface area contributed by atoms with Crippen LogP contribution in [0.15, 0.2) is 24.3 Å². The van der Waals surface area contributed by atoms with Crippen LogP contribution in [0.2, 0.25) is 0 Å². The van der Waals surface area contributed by atoms with E-state index in [0.29, 0.717) is 18.1 Å². The maximum absolute atomic E-state index is 11.8. The van der Waals surface area contributed by atoms with Crippen LogP contribution in [-0.4, -0.2) is 23.2 Å². The summed E-state index contributed by atoms with van der Waals surface area (Å²) in [5.74, 6) is 0.427. The zero-order chi connectivity index (χ0) is 13.0. The molecule has 0 saturated carbocycles. The molecule has 94 valence electrons. The molecule has 18 heavy (non-hydrogen) atoms. The first kappa shape index (κ1) is 12.5. The van der Waals surface area contributed by atoms with E-state index in [0.717, 1.165) is 4.88 Å². The van der Waals surface area contributed by atoms with Gasteiger partial charge < -0.3 is 10.6 Å². The summed E-state index contributed by atoms with van der Waals surface area (Å²) in [5, 5.41) is 13.4. The van der Waals surface area contributed by atoms with Gasteiger partial charge in [0, 0.05) is 16.8 Å². The highest BCUT2D eigenvalue weighted by molar-refractivity contribution is 7.11. The second-order valence-electron chi connectivity index (χ2n) is 3.75. The molecule has 2 heterocycles. The standard InChI is InChI=1S/C12H14N4OS/c1-8-3-4-9(18-8)7-14-12(17)10-5-6-11(13-2)16-15-10/h3-6H,7H2,1-2H3,(H,13,16)(H,14,17). The summed E-state index contributed by atoms with van der Waals surface area (Å²) in [6.07, 6.45) is 0. The first-order valence-electron chi connectivity index (χ1n) is 5.54. The van der Waals surface area contributed by atoms with Gasteiger partial charge in [0.25, 0.3) is 5.91 Å². The van der Waals surface area contributed by atoms with Gasteiger partial charge in [0.15, 0.2) is 5.69 Å². The molecule has 0 atom stereocenters. The number of hydrogen-bond acceptors (Lipinski definition) is 5. The normalized spacial score (nSPS) is 10.1. The molecule has 0 bridgehead atoms. The van der Waals surface area contributed by atoms with Crippen LogP contribution in [0.1, 0.15) is 20.2 Å². The molecule has 0 aliphatic rings. The molecule has 0 saturated heterocycles. The van der Waals surface area contributed by atoms with Gasteiger partial charge in [0.05, 0.1) is 6.54 Å². The maximum atomic E-state index is 11.8. The van der Waals surface area contributed by atoms with Gasteiger partial charge in [-0.3, -0.25) is 4.79 Å². The van der Waals surface area contributed by atoms with Crippen molar-refractivity contribution in [3.05, 3.63) is 39.7 Å². The minimum absolute atomic E-state index is 0.212. The molecule has 2 aromatic rings.